The third kappa shape index (κ3) is 5.69. The van der Waals surface area contributed by atoms with E-state index in [1.165, 1.54) is 0 Å². The van der Waals surface area contributed by atoms with Crippen LogP contribution in [0.1, 0.15) is 46.5 Å². The fourth-order valence-corrected chi connectivity index (χ4v) is 2.23. The topological polar surface area (TPSA) is 78.8 Å². The Bertz CT molecular complexity index is 265. The van der Waals surface area contributed by atoms with Crippen molar-refractivity contribution in [1.29, 1.82) is 0 Å². The van der Waals surface area contributed by atoms with Crippen molar-refractivity contribution in [2.45, 2.75) is 58.3 Å². The number of nitrogens with one attached hydrogen (secondary N) is 1. The number of amides is 1. The molecule has 0 bridgehead atoms. The van der Waals surface area contributed by atoms with Gasteiger partial charge in [-0.1, -0.05) is 0 Å². The van der Waals surface area contributed by atoms with Gasteiger partial charge < -0.3 is 20.3 Å². The van der Waals surface area contributed by atoms with Crippen molar-refractivity contribution in [3.05, 3.63) is 0 Å². The molecule has 0 spiro atoms. The van der Waals surface area contributed by atoms with Crippen LogP contribution >= 0.6 is 0 Å². The summed E-state index contributed by atoms with van der Waals surface area (Å²) >= 11 is 0. The van der Waals surface area contributed by atoms with Gasteiger partial charge in [0.25, 0.3) is 0 Å². The number of carbonyl (C=O) groups excluding carboxylic acids is 1. The molecular formula is C13H25NO4. The lowest BCUT2D eigenvalue weighted by molar-refractivity contribution is -0.0957. The van der Waals surface area contributed by atoms with Crippen LogP contribution in [0.2, 0.25) is 0 Å². The standard InChI is InChI=1S/C13H25NO4/c1-13(2,3)18-12(17)14-8-9-4-6-10(7-5-9)11(15)16/h9-11,15-16H,4-8H2,1-3H3,(H,14,17)/t9-,10-. The van der Waals surface area contributed by atoms with Crippen molar-refractivity contribution in [3.63, 3.8) is 0 Å². The highest BCUT2D eigenvalue weighted by Crippen LogP contribution is 2.29. The van der Waals surface area contributed by atoms with Crippen LogP contribution < -0.4 is 5.32 Å². The molecule has 0 aromatic rings. The molecule has 1 aliphatic rings. The normalized spacial score (nSPS) is 25.0. The van der Waals surface area contributed by atoms with E-state index in [1.807, 2.05) is 20.8 Å². The summed E-state index contributed by atoms with van der Waals surface area (Å²) in [6.45, 7) is 6.10. The van der Waals surface area contributed by atoms with Crippen molar-refractivity contribution >= 4 is 6.09 Å². The molecule has 0 aromatic carbocycles. The fourth-order valence-electron chi connectivity index (χ4n) is 2.23. The maximum absolute atomic E-state index is 11.5. The predicted molar refractivity (Wildman–Crippen MR) is 67.9 cm³/mol. The molecule has 18 heavy (non-hydrogen) atoms. The number of aliphatic hydroxyl groups excluding tert-OH is 1. The third-order valence-corrected chi connectivity index (χ3v) is 3.25. The van der Waals surface area contributed by atoms with Gasteiger partial charge in [-0.15, -0.1) is 0 Å². The lowest BCUT2D eigenvalue weighted by atomic mass is 9.82. The van der Waals surface area contributed by atoms with E-state index in [0.717, 1.165) is 25.7 Å². The number of carbonyl (C=O) groups is 1. The Morgan fingerprint density at radius 1 is 1.28 bits per heavy atom. The van der Waals surface area contributed by atoms with Crippen LogP contribution in [0, 0.1) is 11.8 Å². The number of ether oxygens (including phenoxy) is 1. The van der Waals surface area contributed by atoms with E-state index in [-0.39, 0.29) is 12.0 Å². The van der Waals surface area contributed by atoms with Gasteiger partial charge >= 0.3 is 6.09 Å². The van der Waals surface area contributed by atoms with Gasteiger partial charge in [-0.25, -0.2) is 4.79 Å². The van der Waals surface area contributed by atoms with Crippen LogP contribution in [0.15, 0.2) is 0 Å². The van der Waals surface area contributed by atoms with Gasteiger partial charge in [0.15, 0.2) is 6.29 Å². The lowest BCUT2D eigenvalue weighted by Gasteiger charge is -2.29. The smallest absolute Gasteiger partial charge is 0.407 e. The summed E-state index contributed by atoms with van der Waals surface area (Å²) < 4.78 is 5.16. The first-order valence-electron chi connectivity index (χ1n) is 6.61. The second-order valence-corrected chi connectivity index (χ2v) is 6.08. The fraction of sp³-hybridized carbons (Fsp3) is 0.923. The molecule has 0 atom stereocenters. The van der Waals surface area contributed by atoms with Crippen LogP contribution in [-0.2, 0) is 4.74 Å². The molecule has 1 fully saturated rings. The minimum absolute atomic E-state index is 0.0113. The summed E-state index contributed by atoms with van der Waals surface area (Å²) in [4.78, 5) is 11.5. The van der Waals surface area contributed by atoms with Gasteiger partial charge in [0.1, 0.15) is 5.60 Å². The summed E-state index contributed by atoms with van der Waals surface area (Å²) in [5, 5.41) is 20.9. The zero-order valence-corrected chi connectivity index (χ0v) is 11.5. The van der Waals surface area contributed by atoms with Gasteiger partial charge in [-0.3, -0.25) is 0 Å². The first-order chi connectivity index (χ1) is 8.28. The molecule has 3 N–H and O–H groups in total. The zero-order chi connectivity index (χ0) is 13.8. The molecule has 1 rings (SSSR count). The minimum atomic E-state index is -1.20. The maximum atomic E-state index is 11.5. The predicted octanol–water partition coefficient (Wildman–Crippen LogP) is 1.63. The number of hydrogen-bond donors (Lipinski definition) is 3. The Hall–Kier alpha value is -0.810. The van der Waals surface area contributed by atoms with Gasteiger partial charge in [0, 0.05) is 12.5 Å². The Labute approximate surface area is 109 Å². The van der Waals surface area contributed by atoms with Crippen molar-refractivity contribution in [2.24, 2.45) is 11.8 Å². The molecule has 0 aliphatic heterocycles. The maximum Gasteiger partial charge on any atom is 0.407 e. The molecule has 0 unspecified atom stereocenters. The Kier molecular flexibility index (Phi) is 5.41. The number of alkyl carbamates (subject to hydrolysis) is 1. The quantitative estimate of drug-likeness (QED) is 0.673. The molecule has 0 radical (unpaired) electrons. The van der Waals surface area contributed by atoms with E-state index < -0.39 is 11.9 Å². The van der Waals surface area contributed by atoms with Crippen molar-refractivity contribution in [1.82, 2.24) is 5.32 Å². The van der Waals surface area contributed by atoms with Crippen LogP contribution in [0.25, 0.3) is 0 Å². The van der Waals surface area contributed by atoms with E-state index >= 15 is 0 Å². The molecule has 1 aliphatic carbocycles. The highest BCUT2D eigenvalue weighted by molar-refractivity contribution is 5.67. The summed E-state index contributed by atoms with van der Waals surface area (Å²) in [6.07, 6.45) is 1.85. The SMILES string of the molecule is CC(C)(C)OC(=O)NC[C@H]1CC[C@H](C(O)O)CC1. The average Bonchev–Trinajstić information content (AvgIpc) is 2.24. The monoisotopic (exact) mass is 259 g/mol. The molecular weight excluding hydrogens is 234 g/mol. The Balaban J connectivity index is 2.20. The van der Waals surface area contributed by atoms with E-state index in [2.05, 4.69) is 5.32 Å². The number of hydrogen-bond acceptors (Lipinski definition) is 4. The highest BCUT2D eigenvalue weighted by atomic mass is 16.6. The molecule has 0 aromatic heterocycles. The first-order valence-corrected chi connectivity index (χ1v) is 6.61. The minimum Gasteiger partial charge on any atom is -0.444 e. The van der Waals surface area contributed by atoms with Gasteiger partial charge in [-0.05, 0) is 52.4 Å². The van der Waals surface area contributed by atoms with Gasteiger partial charge in [0.05, 0.1) is 0 Å². The van der Waals surface area contributed by atoms with Gasteiger partial charge in [0.2, 0.25) is 0 Å². The molecule has 0 heterocycles. The van der Waals surface area contributed by atoms with Gasteiger partial charge in [-0.2, -0.15) is 0 Å². The van der Waals surface area contributed by atoms with Crippen LogP contribution in [0.3, 0.4) is 0 Å². The van der Waals surface area contributed by atoms with Crippen LogP contribution in [-0.4, -0.2) is 34.7 Å². The first kappa shape index (κ1) is 15.2. The largest absolute Gasteiger partial charge is 0.444 e. The Morgan fingerprint density at radius 3 is 2.28 bits per heavy atom. The summed E-state index contributed by atoms with van der Waals surface area (Å²) in [5.41, 5.74) is -0.470. The lowest BCUT2D eigenvalue weighted by Crippen LogP contribution is -2.36. The van der Waals surface area contributed by atoms with E-state index in [0.29, 0.717) is 12.5 Å². The Morgan fingerprint density at radius 2 is 1.83 bits per heavy atom. The van der Waals surface area contributed by atoms with E-state index in [4.69, 9.17) is 14.9 Å². The molecule has 1 amide bonds. The molecule has 1 saturated carbocycles. The highest BCUT2D eigenvalue weighted by Gasteiger charge is 2.26. The van der Waals surface area contributed by atoms with Crippen molar-refractivity contribution in [2.75, 3.05) is 6.54 Å². The van der Waals surface area contributed by atoms with Crippen LogP contribution in [0.4, 0.5) is 4.79 Å². The van der Waals surface area contributed by atoms with Crippen molar-refractivity contribution < 1.29 is 19.7 Å². The number of rotatable bonds is 3. The summed E-state index contributed by atoms with van der Waals surface area (Å²) in [7, 11) is 0. The average molecular weight is 259 g/mol. The molecule has 106 valence electrons. The van der Waals surface area contributed by atoms with E-state index in [9.17, 15) is 4.79 Å². The molecule has 0 saturated heterocycles. The molecule has 5 heteroatoms. The van der Waals surface area contributed by atoms with E-state index in [1.54, 1.807) is 0 Å². The zero-order valence-electron chi connectivity index (χ0n) is 11.5. The summed E-state index contributed by atoms with van der Waals surface area (Å²) in [6, 6.07) is 0. The molecule has 5 nitrogen and oxygen atoms in total. The van der Waals surface area contributed by atoms with Crippen LogP contribution in [0.5, 0.6) is 0 Å². The third-order valence-electron chi connectivity index (χ3n) is 3.25. The second kappa shape index (κ2) is 6.38. The second-order valence-electron chi connectivity index (χ2n) is 6.08. The number of aliphatic hydroxyl groups is 2. The van der Waals surface area contributed by atoms with Crippen molar-refractivity contribution in [3.8, 4) is 0 Å². The summed E-state index contributed by atoms with van der Waals surface area (Å²) in [5.74, 6) is 0.398.